The van der Waals surface area contributed by atoms with Crippen molar-refractivity contribution < 1.29 is 3.63 Å². The minimum Gasteiger partial charge on any atom is -0.0455 e. The molecule has 1 aliphatic rings. The summed E-state index contributed by atoms with van der Waals surface area (Å²) in [7, 11) is 0. The lowest BCUT2D eigenvalue weighted by Crippen LogP contribution is -2.05. The third-order valence-corrected chi connectivity index (χ3v) is 0.972. The van der Waals surface area contributed by atoms with Gasteiger partial charge in [-0.15, -0.1) is 0 Å². The highest BCUT2D eigenvalue weighted by atomic mass is 35.5. The maximum atomic E-state index is 5.39. The second-order valence-corrected chi connectivity index (χ2v) is 2.34. The Morgan fingerprint density at radius 1 is 1.43 bits per heavy atom. The third kappa shape index (κ3) is 1.16. The fourth-order valence-corrected chi connectivity index (χ4v) is 0.539. The summed E-state index contributed by atoms with van der Waals surface area (Å²) in [6.07, 6.45) is 4.77. The van der Waals surface area contributed by atoms with E-state index in [1.54, 1.807) is 18.5 Å². The van der Waals surface area contributed by atoms with E-state index in [0.29, 0.717) is 0 Å². The van der Waals surface area contributed by atoms with E-state index in [0.717, 1.165) is 0 Å². The Kier molecular flexibility index (Phi) is 1.07. The second kappa shape index (κ2) is 1.47. The largest absolute Gasteiger partial charge is 0.225 e. The van der Waals surface area contributed by atoms with Crippen molar-refractivity contribution >= 4 is 29.8 Å². The van der Waals surface area contributed by atoms with E-state index in [-0.39, 0.29) is 0 Å². The molecule has 2 nitrogen and oxygen atoms in total. The molecule has 38 valence electrons. The number of allylic oxidation sites excluding steroid dienone is 1. The molecule has 0 aromatic carbocycles. The number of hydrogen-bond donors (Lipinski definition) is 0. The van der Waals surface area contributed by atoms with Gasteiger partial charge in [-0.1, -0.05) is 0 Å². The monoisotopic (exact) mass is 137 g/mol. The number of nitrogens with zero attached hydrogens (tertiary/aromatic N) is 2. The van der Waals surface area contributed by atoms with Gasteiger partial charge in [-0.05, 0) is 5.10 Å². The van der Waals surface area contributed by atoms with Crippen LogP contribution in [-0.4, -0.2) is 9.84 Å². The zero-order chi connectivity index (χ0) is 5.33. The predicted octanol–water partition coefficient (Wildman–Crippen LogP) is 1.62. The number of halogens is 2. The van der Waals surface area contributed by atoms with Crippen molar-refractivity contribution in [3.05, 3.63) is 12.3 Å². The number of hydrogen-bond acceptors (Lipinski definition) is 1. The van der Waals surface area contributed by atoms with Gasteiger partial charge in [-0.3, -0.25) is 0 Å². The maximum Gasteiger partial charge on any atom is 0.225 e. The second-order valence-electron chi connectivity index (χ2n) is 1.13. The van der Waals surface area contributed by atoms with Crippen LogP contribution in [0.2, 0.25) is 0 Å². The molecule has 1 aliphatic heterocycles. The highest BCUT2D eigenvalue weighted by molar-refractivity contribution is 6.24. The van der Waals surface area contributed by atoms with Crippen molar-refractivity contribution in [1.82, 2.24) is 0 Å². The van der Waals surface area contributed by atoms with Crippen LogP contribution in [0.3, 0.4) is 0 Å². The Hall–Kier alpha value is -0.0500. The molecular formula is C3H3Cl2N2+. The molecule has 1 rings (SSSR count). The average molecular weight is 138 g/mol. The van der Waals surface area contributed by atoms with Crippen LogP contribution in [0, 0.1) is 0 Å². The summed E-state index contributed by atoms with van der Waals surface area (Å²) in [6.45, 7) is 0. The van der Waals surface area contributed by atoms with E-state index in [9.17, 15) is 0 Å². The molecule has 0 atom stereocenters. The Morgan fingerprint density at radius 2 is 2.14 bits per heavy atom. The summed E-state index contributed by atoms with van der Waals surface area (Å²) in [5.74, 6) is 0. The van der Waals surface area contributed by atoms with Crippen LogP contribution >= 0.6 is 23.6 Å². The topological polar surface area (TPSA) is 12.4 Å². The highest BCUT2D eigenvalue weighted by Gasteiger charge is 2.21. The van der Waals surface area contributed by atoms with E-state index >= 15 is 0 Å². The van der Waals surface area contributed by atoms with Crippen molar-refractivity contribution in [2.45, 2.75) is 0 Å². The third-order valence-electron chi connectivity index (χ3n) is 0.572. The van der Waals surface area contributed by atoms with Gasteiger partial charge >= 0.3 is 0 Å². The average Bonchev–Trinajstić information content (AvgIpc) is 1.84. The van der Waals surface area contributed by atoms with Gasteiger partial charge in [0.15, 0.2) is 6.20 Å². The van der Waals surface area contributed by atoms with E-state index < -0.39 is 3.63 Å². The van der Waals surface area contributed by atoms with Gasteiger partial charge in [-0.25, -0.2) is 0 Å². The summed E-state index contributed by atoms with van der Waals surface area (Å²) in [5, 5.41) is 3.60. The summed E-state index contributed by atoms with van der Waals surface area (Å²) in [4.78, 5) is 0. The fraction of sp³-hybridized carbons (Fsp3) is 0. The first kappa shape index (κ1) is 5.09. The minimum atomic E-state index is -0.417. The lowest BCUT2D eigenvalue weighted by Gasteiger charge is -1.97. The lowest BCUT2D eigenvalue weighted by molar-refractivity contribution is -0.630. The van der Waals surface area contributed by atoms with Crippen molar-refractivity contribution in [1.29, 1.82) is 0 Å². The first-order valence-electron chi connectivity index (χ1n) is 1.72. The smallest absolute Gasteiger partial charge is 0.0455 e. The van der Waals surface area contributed by atoms with Gasteiger partial charge in [0, 0.05) is 9.71 Å². The molecule has 0 aromatic rings. The summed E-state index contributed by atoms with van der Waals surface area (Å²) in [6, 6.07) is 0. The summed E-state index contributed by atoms with van der Waals surface area (Å²) < 4.78 is -0.417. The zero-order valence-corrected chi connectivity index (χ0v) is 4.89. The first-order chi connectivity index (χ1) is 3.21. The Bertz CT molecular complexity index is 113. The molecule has 0 unspecified atom stereocenters. The molecule has 0 radical (unpaired) electrons. The van der Waals surface area contributed by atoms with Crippen LogP contribution in [0.4, 0.5) is 0 Å². The maximum absolute atomic E-state index is 5.39. The molecule has 1 heterocycles. The van der Waals surface area contributed by atoms with Crippen molar-refractivity contribution in [2.75, 3.05) is 0 Å². The van der Waals surface area contributed by atoms with E-state index in [1.807, 2.05) is 0 Å². The van der Waals surface area contributed by atoms with Crippen LogP contribution in [0.1, 0.15) is 0 Å². The molecule has 0 N–H and O–H groups in total. The number of quaternary nitrogens is 1. The van der Waals surface area contributed by atoms with Crippen LogP contribution in [-0.2, 0) is 0 Å². The molecule has 0 saturated carbocycles. The van der Waals surface area contributed by atoms with Gasteiger partial charge in [0.05, 0.1) is 6.21 Å². The highest BCUT2D eigenvalue weighted by Crippen LogP contribution is 2.21. The zero-order valence-electron chi connectivity index (χ0n) is 3.38. The summed E-state index contributed by atoms with van der Waals surface area (Å²) >= 11 is 10.8. The standard InChI is InChI=1S/C3H3Cl2N2/c4-7(5)3-1-2-6-7/h1-3H/q+1. The van der Waals surface area contributed by atoms with Crippen molar-refractivity contribution in [3.8, 4) is 0 Å². The fourth-order valence-electron chi connectivity index (χ4n) is 0.308. The molecule has 7 heavy (non-hydrogen) atoms. The molecule has 0 amide bonds. The van der Waals surface area contributed by atoms with Crippen molar-refractivity contribution in [3.63, 3.8) is 0 Å². The van der Waals surface area contributed by atoms with E-state index in [1.165, 1.54) is 0 Å². The van der Waals surface area contributed by atoms with Crippen LogP contribution in [0.15, 0.2) is 17.4 Å². The number of rotatable bonds is 0. The molecular weight excluding hydrogens is 135 g/mol. The van der Waals surface area contributed by atoms with Crippen LogP contribution in [0.5, 0.6) is 0 Å². The molecule has 0 spiro atoms. The Morgan fingerprint density at radius 3 is 2.29 bits per heavy atom. The molecule has 0 aromatic heterocycles. The van der Waals surface area contributed by atoms with Crippen molar-refractivity contribution in [2.24, 2.45) is 5.10 Å². The molecule has 0 bridgehead atoms. The van der Waals surface area contributed by atoms with Gasteiger partial charge in [-0.2, -0.15) is 0 Å². The molecule has 0 fully saturated rings. The first-order valence-corrected chi connectivity index (χ1v) is 2.40. The lowest BCUT2D eigenvalue weighted by atomic mass is 10.7. The minimum absolute atomic E-state index is 0.417. The van der Waals surface area contributed by atoms with E-state index in [4.69, 9.17) is 23.6 Å². The quantitative estimate of drug-likeness (QED) is 0.451. The van der Waals surface area contributed by atoms with Crippen LogP contribution in [0.25, 0.3) is 0 Å². The van der Waals surface area contributed by atoms with Gasteiger partial charge in [0.25, 0.3) is 0 Å². The van der Waals surface area contributed by atoms with Gasteiger partial charge in [0.2, 0.25) is 23.6 Å². The predicted molar refractivity (Wildman–Crippen MR) is 29.6 cm³/mol. The Labute approximate surface area is 51.4 Å². The SMILES string of the molecule is Cl[N+]1(Cl)C=CC=N1. The molecule has 0 saturated heterocycles. The molecule has 0 aliphatic carbocycles. The van der Waals surface area contributed by atoms with E-state index in [2.05, 4.69) is 5.10 Å². The van der Waals surface area contributed by atoms with Gasteiger partial charge in [0.1, 0.15) is 0 Å². The Balaban J connectivity index is 2.77. The summed E-state index contributed by atoms with van der Waals surface area (Å²) in [5.41, 5.74) is 0. The normalized spacial score (nSPS) is 23.7. The molecule has 4 heteroatoms. The van der Waals surface area contributed by atoms with Crippen LogP contribution < -0.4 is 0 Å². The van der Waals surface area contributed by atoms with Gasteiger partial charge < -0.3 is 0 Å².